The lowest BCUT2D eigenvalue weighted by Crippen LogP contribution is -2.43. The van der Waals surface area contributed by atoms with Crippen LogP contribution in [-0.2, 0) is 16.0 Å². The molecule has 0 aliphatic carbocycles. The first-order chi connectivity index (χ1) is 12.2. The van der Waals surface area contributed by atoms with E-state index < -0.39 is 0 Å². The third-order valence-electron chi connectivity index (χ3n) is 4.74. The van der Waals surface area contributed by atoms with Gasteiger partial charge in [0.2, 0.25) is 5.89 Å². The van der Waals surface area contributed by atoms with Crippen LogP contribution in [-0.4, -0.2) is 60.2 Å². The Kier molecular flexibility index (Phi) is 4.74. The smallest absolute Gasteiger partial charge is 0.315 e. The van der Waals surface area contributed by atoms with Gasteiger partial charge in [-0.15, -0.1) is 5.10 Å². The topological polar surface area (TPSA) is 85.8 Å². The molecular formula is C17H24N4O4. The summed E-state index contributed by atoms with van der Waals surface area (Å²) in [6, 6.07) is 4.40. The van der Waals surface area contributed by atoms with Crippen molar-refractivity contribution >= 4 is 6.01 Å². The Morgan fingerprint density at radius 3 is 3.16 bits per heavy atom. The quantitative estimate of drug-likeness (QED) is 0.874. The Bertz CT molecular complexity index is 674. The van der Waals surface area contributed by atoms with Crippen LogP contribution in [0.25, 0.3) is 0 Å². The van der Waals surface area contributed by atoms with Crippen LogP contribution in [0, 0.1) is 12.8 Å². The third kappa shape index (κ3) is 4.02. The Labute approximate surface area is 146 Å². The van der Waals surface area contributed by atoms with Crippen LogP contribution in [0.4, 0.5) is 6.01 Å². The molecule has 2 aliphatic heterocycles. The van der Waals surface area contributed by atoms with Crippen LogP contribution >= 0.6 is 0 Å². The van der Waals surface area contributed by atoms with Gasteiger partial charge in [0.1, 0.15) is 11.4 Å². The van der Waals surface area contributed by atoms with Crippen LogP contribution in [0.1, 0.15) is 18.1 Å². The molecule has 2 aliphatic rings. The lowest BCUT2D eigenvalue weighted by molar-refractivity contribution is -0.0565. The molecule has 2 aromatic rings. The van der Waals surface area contributed by atoms with Gasteiger partial charge in [-0.05, 0) is 18.6 Å². The molecule has 1 N–H and O–H groups in total. The molecule has 0 radical (unpaired) electrons. The number of nitrogens with zero attached hydrogens (tertiary/aromatic N) is 3. The van der Waals surface area contributed by atoms with Gasteiger partial charge in [0.25, 0.3) is 0 Å². The van der Waals surface area contributed by atoms with E-state index in [2.05, 4.69) is 20.4 Å². The van der Waals surface area contributed by atoms with Crippen molar-refractivity contribution in [1.82, 2.24) is 15.1 Å². The van der Waals surface area contributed by atoms with E-state index >= 15 is 0 Å². The van der Waals surface area contributed by atoms with E-state index in [4.69, 9.17) is 18.3 Å². The summed E-state index contributed by atoms with van der Waals surface area (Å²) in [6.07, 6.45) is 2.66. The molecule has 0 aromatic carbocycles. The minimum atomic E-state index is -0.250. The molecule has 136 valence electrons. The van der Waals surface area contributed by atoms with Crippen molar-refractivity contribution in [2.45, 2.75) is 25.5 Å². The van der Waals surface area contributed by atoms with Crippen molar-refractivity contribution in [2.75, 3.05) is 44.8 Å². The molecule has 4 heterocycles. The number of hydrogen-bond acceptors (Lipinski definition) is 8. The number of aryl methyl sites for hydroxylation is 1. The fraction of sp³-hybridized carbons (Fsp3) is 0.647. The molecule has 1 spiro atoms. The number of furan rings is 1. The average molecular weight is 348 g/mol. The number of rotatable bonds is 5. The van der Waals surface area contributed by atoms with Gasteiger partial charge in [-0.3, -0.25) is 4.90 Å². The van der Waals surface area contributed by atoms with E-state index in [1.807, 2.05) is 12.1 Å². The number of hydrogen-bond donors (Lipinski definition) is 1. The van der Waals surface area contributed by atoms with Crippen LogP contribution in [0.5, 0.6) is 0 Å². The van der Waals surface area contributed by atoms with E-state index in [1.54, 1.807) is 13.2 Å². The van der Waals surface area contributed by atoms with Crippen molar-refractivity contribution in [3.63, 3.8) is 0 Å². The van der Waals surface area contributed by atoms with Crippen LogP contribution < -0.4 is 5.32 Å². The minimum Gasteiger partial charge on any atom is -0.468 e. The van der Waals surface area contributed by atoms with Crippen LogP contribution in [0.2, 0.25) is 0 Å². The molecule has 4 rings (SSSR count). The minimum absolute atomic E-state index is 0.250. The molecule has 8 heteroatoms. The first-order valence-corrected chi connectivity index (χ1v) is 8.71. The van der Waals surface area contributed by atoms with Gasteiger partial charge < -0.3 is 23.6 Å². The van der Waals surface area contributed by atoms with Gasteiger partial charge in [-0.2, -0.15) is 0 Å². The predicted molar refractivity (Wildman–Crippen MR) is 89.1 cm³/mol. The van der Waals surface area contributed by atoms with E-state index in [0.29, 0.717) is 31.0 Å². The van der Waals surface area contributed by atoms with E-state index in [1.165, 1.54) is 0 Å². The zero-order chi connectivity index (χ0) is 17.1. The standard InChI is InChI=1S/C17H24N4O4/c1-13-19-20-16(25-13)18-8-14-7-17(24-10-14)11-21(4-6-22-12-17)9-15-3-2-5-23-15/h2-3,5,14H,4,6-12H2,1H3,(H,18,20)/t14-,17-/m1/s1. The highest BCUT2D eigenvalue weighted by atomic mass is 16.5. The molecule has 25 heavy (non-hydrogen) atoms. The summed E-state index contributed by atoms with van der Waals surface area (Å²) in [4.78, 5) is 2.35. The normalized spacial score (nSPS) is 27.6. The molecule has 0 amide bonds. The Morgan fingerprint density at radius 1 is 1.40 bits per heavy atom. The van der Waals surface area contributed by atoms with Crippen molar-refractivity contribution < 1.29 is 18.3 Å². The summed E-state index contributed by atoms with van der Waals surface area (Å²) in [7, 11) is 0. The van der Waals surface area contributed by atoms with E-state index in [9.17, 15) is 0 Å². The highest BCUT2D eigenvalue weighted by molar-refractivity contribution is 5.17. The summed E-state index contributed by atoms with van der Waals surface area (Å²) in [6.45, 7) is 7.11. The van der Waals surface area contributed by atoms with Crippen molar-refractivity contribution in [2.24, 2.45) is 5.92 Å². The number of anilines is 1. The molecule has 2 aromatic heterocycles. The van der Waals surface area contributed by atoms with Gasteiger partial charge in [-0.25, -0.2) is 0 Å². The van der Waals surface area contributed by atoms with Gasteiger partial charge in [0.15, 0.2) is 0 Å². The second kappa shape index (κ2) is 7.15. The largest absolute Gasteiger partial charge is 0.468 e. The maximum absolute atomic E-state index is 6.21. The first kappa shape index (κ1) is 16.6. The highest BCUT2D eigenvalue weighted by Gasteiger charge is 2.43. The number of ether oxygens (including phenoxy) is 2. The summed E-state index contributed by atoms with van der Waals surface area (Å²) in [5.74, 6) is 1.92. The Balaban J connectivity index is 1.34. The van der Waals surface area contributed by atoms with E-state index in [-0.39, 0.29) is 5.60 Å². The molecule has 2 saturated heterocycles. The lowest BCUT2D eigenvalue weighted by atomic mass is 9.94. The van der Waals surface area contributed by atoms with Gasteiger partial charge >= 0.3 is 6.01 Å². The lowest BCUT2D eigenvalue weighted by Gasteiger charge is -2.30. The molecular weight excluding hydrogens is 324 g/mol. The molecule has 0 bridgehead atoms. The maximum atomic E-state index is 6.21. The summed E-state index contributed by atoms with van der Waals surface area (Å²) in [5.41, 5.74) is -0.250. The fourth-order valence-electron chi connectivity index (χ4n) is 3.62. The summed E-state index contributed by atoms with van der Waals surface area (Å²) >= 11 is 0. The predicted octanol–water partition coefficient (Wildman–Crippen LogP) is 1.69. The van der Waals surface area contributed by atoms with Crippen molar-refractivity contribution in [3.8, 4) is 0 Å². The molecule has 0 unspecified atom stereocenters. The van der Waals surface area contributed by atoms with Crippen LogP contribution in [0.3, 0.4) is 0 Å². The van der Waals surface area contributed by atoms with Crippen LogP contribution in [0.15, 0.2) is 27.2 Å². The van der Waals surface area contributed by atoms with Gasteiger partial charge in [0, 0.05) is 32.5 Å². The summed E-state index contributed by atoms with van der Waals surface area (Å²) < 4.78 is 22.9. The third-order valence-corrected chi connectivity index (χ3v) is 4.74. The molecule has 0 saturated carbocycles. The zero-order valence-corrected chi connectivity index (χ0v) is 14.4. The second-order valence-electron chi connectivity index (χ2n) is 6.91. The number of aromatic nitrogens is 2. The Hall–Kier alpha value is -1.90. The van der Waals surface area contributed by atoms with Gasteiger partial charge in [0.05, 0.1) is 32.6 Å². The first-order valence-electron chi connectivity index (χ1n) is 8.71. The summed E-state index contributed by atoms with van der Waals surface area (Å²) in [5, 5.41) is 11.0. The SMILES string of the molecule is Cc1nnc(NC[C@@H]2CO[C@]3(COCCN(Cc4ccco4)C3)C2)o1. The Morgan fingerprint density at radius 2 is 2.36 bits per heavy atom. The molecule has 2 atom stereocenters. The maximum Gasteiger partial charge on any atom is 0.315 e. The molecule has 8 nitrogen and oxygen atoms in total. The zero-order valence-electron chi connectivity index (χ0n) is 14.4. The van der Waals surface area contributed by atoms with E-state index in [0.717, 1.165) is 45.0 Å². The monoisotopic (exact) mass is 348 g/mol. The van der Waals surface area contributed by atoms with Crippen molar-refractivity contribution in [3.05, 3.63) is 30.0 Å². The molecule has 2 fully saturated rings. The fourth-order valence-corrected chi connectivity index (χ4v) is 3.62. The van der Waals surface area contributed by atoms with Crippen molar-refractivity contribution in [1.29, 1.82) is 0 Å². The average Bonchev–Trinajstić information content (AvgIpc) is 3.29. The van der Waals surface area contributed by atoms with Gasteiger partial charge in [-0.1, -0.05) is 5.10 Å². The second-order valence-corrected chi connectivity index (χ2v) is 6.91. The highest BCUT2D eigenvalue weighted by Crippen LogP contribution is 2.33. The number of nitrogens with one attached hydrogen (secondary N) is 1.